The summed E-state index contributed by atoms with van der Waals surface area (Å²) in [4.78, 5) is 28.5. The summed E-state index contributed by atoms with van der Waals surface area (Å²) < 4.78 is 0. The Morgan fingerprint density at radius 3 is 2.29 bits per heavy atom. The SMILES string of the molecule is O=C(c1ccc(Cl)cc1)N1CCCC(C(=O)N2CCC2)C1. The van der Waals surface area contributed by atoms with Gasteiger partial charge in [0.25, 0.3) is 5.91 Å². The highest BCUT2D eigenvalue weighted by atomic mass is 35.5. The Morgan fingerprint density at radius 2 is 1.67 bits per heavy atom. The molecule has 4 nitrogen and oxygen atoms in total. The quantitative estimate of drug-likeness (QED) is 0.842. The van der Waals surface area contributed by atoms with Gasteiger partial charge in [-0.2, -0.15) is 0 Å². The van der Waals surface area contributed by atoms with E-state index in [9.17, 15) is 9.59 Å². The number of carbonyl (C=O) groups excluding carboxylic acids is 2. The number of hydrogen-bond donors (Lipinski definition) is 0. The maximum Gasteiger partial charge on any atom is 0.253 e. The fourth-order valence-electron chi connectivity index (χ4n) is 2.93. The molecule has 2 aliphatic rings. The molecule has 2 saturated heterocycles. The van der Waals surface area contributed by atoms with Gasteiger partial charge in [0.1, 0.15) is 0 Å². The summed E-state index contributed by atoms with van der Waals surface area (Å²) in [5, 5.41) is 0.621. The molecule has 21 heavy (non-hydrogen) atoms. The van der Waals surface area contributed by atoms with Crippen LogP contribution in [0.4, 0.5) is 0 Å². The van der Waals surface area contributed by atoms with E-state index < -0.39 is 0 Å². The summed E-state index contributed by atoms with van der Waals surface area (Å²) in [6, 6.07) is 6.93. The summed E-state index contributed by atoms with van der Waals surface area (Å²) >= 11 is 5.85. The molecular formula is C16H19ClN2O2. The number of rotatable bonds is 2. The highest BCUT2D eigenvalue weighted by molar-refractivity contribution is 6.30. The van der Waals surface area contributed by atoms with E-state index in [2.05, 4.69) is 0 Å². The predicted molar refractivity (Wildman–Crippen MR) is 81.3 cm³/mol. The van der Waals surface area contributed by atoms with Crippen molar-refractivity contribution in [2.24, 2.45) is 5.92 Å². The maximum atomic E-state index is 12.5. The van der Waals surface area contributed by atoms with E-state index in [-0.39, 0.29) is 17.7 Å². The van der Waals surface area contributed by atoms with Crippen molar-refractivity contribution in [1.82, 2.24) is 9.80 Å². The fraction of sp³-hybridized carbons (Fsp3) is 0.500. The lowest BCUT2D eigenvalue weighted by Crippen LogP contribution is -2.50. The zero-order valence-corrected chi connectivity index (χ0v) is 12.7. The van der Waals surface area contributed by atoms with Crippen LogP contribution in [0.3, 0.4) is 0 Å². The third-order valence-corrected chi connectivity index (χ3v) is 4.57. The molecule has 2 amide bonds. The number of hydrogen-bond acceptors (Lipinski definition) is 2. The number of piperidine rings is 1. The second-order valence-corrected chi connectivity index (χ2v) is 6.21. The fourth-order valence-corrected chi connectivity index (χ4v) is 3.06. The minimum Gasteiger partial charge on any atom is -0.342 e. The van der Waals surface area contributed by atoms with Crippen molar-refractivity contribution >= 4 is 23.4 Å². The molecular weight excluding hydrogens is 288 g/mol. The molecule has 2 fully saturated rings. The normalized spacial score (nSPS) is 21.9. The molecule has 2 heterocycles. The Bertz CT molecular complexity index is 540. The zero-order valence-electron chi connectivity index (χ0n) is 11.9. The standard InChI is InChI=1S/C16H19ClN2O2/c17-14-6-4-12(5-7-14)15(20)19-8-1-3-13(11-19)16(21)18-9-2-10-18/h4-7,13H,1-3,8-11H2. The third kappa shape index (κ3) is 3.05. The van der Waals surface area contributed by atoms with Crippen molar-refractivity contribution in [1.29, 1.82) is 0 Å². The highest BCUT2D eigenvalue weighted by Gasteiger charge is 2.33. The Hall–Kier alpha value is -1.55. The Morgan fingerprint density at radius 1 is 1.00 bits per heavy atom. The summed E-state index contributed by atoms with van der Waals surface area (Å²) in [6.07, 6.45) is 2.88. The zero-order chi connectivity index (χ0) is 14.8. The van der Waals surface area contributed by atoms with Crippen LogP contribution in [0.15, 0.2) is 24.3 Å². The highest BCUT2D eigenvalue weighted by Crippen LogP contribution is 2.23. The van der Waals surface area contributed by atoms with Crippen molar-refractivity contribution < 1.29 is 9.59 Å². The molecule has 112 valence electrons. The lowest BCUT2D eigenvalue weighted by atomic mass is 9.94. The van der Waals surface area contributed by atoms with Crippen LogP contribution in [0.1, 0.15) is 29.6 Å². The Labute approximate surface area is 129 Å². The first-order valence-corrected chi connectivity index (χ1v) is 7.86. The molecule has 0 aromatic heterocycles. The molecule has 5 heteroatoms. The summed E-state index contributed by atoms with van der Waals surface area (Å²) in [6.45, 7) is 3.02. The van der Waals surface area contributed by atoms with Crippen LogP contribution in [0, 0.1) is 5.92 Å². The minimum atomic E-state index is -0.0321. The van der Waals surface area contributed by atoms with Crippen LogP contribution in [-0.2, 0) is 4.79 Å². The first-order valence-electron chi connectivity index (χ1n) is 7.49. The predicted octanol–water partition coefficient (Wildman–Crippen LogP) is 2.42. The number of amides is 2. The second-order valence-electron chi connectivity index (χ2n) is 5.78. The van der Waals surface area contributed by atoms with Gasteiger partial charge in [-0.1, -0.05) is 11.6 Å². The van der Waals surface area contributed by atoms with Crippen molar-refractivity contribution in [3.8, 4) is 0 Å². The average Bonchev–Trinajstić information content (AvgIpc) is 2.45. The van der Waals surface area contributed by atoms with E-state index in [1.54, 1.807) is 29.2 Å². The minimum absolute atomic E-state index is 0.00669. The van der Waals surface area contributed by atoms with Gasteiger partial charge in [-0.25, -0.2) is 0 Å². The van der Waals surface area contributed by atoms with Crippen LogP contribution in [0.2, 0.25) is 5.02 Å². The van der Waals surface area contributed by atoms with Crippen molar-refractivity contribution in [2.45, 2.75) is 19.3 Å². The van der Waals surface area contributed by atoms with Gasteiger partial charge in [0, 0.05) is 36.8 Å². The summed E-state index contributed by atoms with van der Waals surface area (Å²) in [5.41, 5.74) is 0.636. The molecule has 3 rings (SSSR count). The van der Waals surface area contributed by atoms with Crippen LogP contribution >= 0.6 is 11.6 Å². The Balaban J connectivity index is 1.66. The molecule has 0 N–H and O–H groups in total. The van der Waals surface area contributed by atoms with Crippen LogP contribution in [0.5, 0.6) is 0 Å². The number of likely N-dealkylation sites (tertiary alicyclic amines) is 2. The number of nitrogens with zero attached hydrogens (tertiary/aromatic N) is 2. The van der Waals surface area contributed by atoms with E-state index in [1.165, 1.54) is 0 Å². The molecule has 1 aromatic carbocycles. The average molecular weight is 307 g/mol. The van der Waals surface area contributed by atoms with Gasteiger partial charge >= 0.3 is 0 Å². The monoisotopic (exact) mass is 306 g/mol. The summed E-state index contributed by atoms with van der Waals surface area (Å²) in [5.74, 6) is 0.179. The number of benzene rings is 1. The first-order chi connectivity index (χ1) is 10.1. The topological polar surface area (TPSA) is 40.6 Å². The number of carbonyl (C=O) groups is 2. The molecule has 0 aliphatic carbocycles. The third-order valence-electron chi connectivity index (χ3n) is 4.32. The molecule has 0 bridgehead atoms. The van der Waals surface area contributed by atoms with Gasteiger partial charge < -0.3 is 9.80 Å². The van der Waals surface area contributed by atoms with E-state index >= 15 is 0 Å². The smallest absolute Gasteiger partial charge is 0.253 e. The van der Waals surface area contributed by atoms with Crippen molar-refractivity contribution in [3.05, 3.63) is 34.9 Å². The lowest BCUT2D eigenvalue weighted by Gasteiger charge is -2.38. The van der Waals surface area contributed by atoms with E-state index in [1.807, 2.05) is 4.90 Å². The van der Waals surface area contributed by atoms with E-state index in [0.717, 1.165) is 38.9 Å². The van der Waals surface area contributed by atoms with Gasteiger partial charge in [-0.3, -0.25) is 9.59 Å². The summed E-state index contributed by atoms with van der Waals surface area (Å²) in [7, 11) is 0. The molecule has 2 aliphatic heterocycles. The molecule has 1 aromatic rings. The van der Waals surface area contributed by atoms with Crippen LogP contribution in [0.25, 0.3) is 0 Å². The molecule has 1 atom stereocenters. The van der Waals surface area contributed by atoms with Crippen molar-refractivity contribution in [2.75, 3.05) is 26.2 Å². The van der Waals surface area contributed by atoms with Crippen LogP contribution < -0.4 is 0 Å². The molecule has 0 saturated carbocycles. The Kier molecular flexibility index (Phi) is 4.15. The first kappa shape index (κ1) is 14.4. The van der Waals surface area contributed by atoms with Gasteiger partial charge in [0.15, 0.2) is 0 Å². The second kappa shape index (κ2) is 6.06. The maximum absolute atomic E-state index is 12.5. The number of halogens is 1. The van der Waals surface area contributed by atoms with Gasteiger partial charge in [-0.05, 0) is 43.5 Å². The van der Waals surface area contributed by atoms with Gasteiger partial charge in [-0.15, -0.1) is 0 Å². The van der Waals surface area contributed by atoms with Crippen molar-refractivity contribution in [3.63, 3.8) is 0 Å². The van der Waals surface area contributed by atoms with E-state index in [0.29, 0.717) is 17.1 Å². The lowest BCUT2D eigenvalue weighted by molar-refractivity contribution is -0.140. The molecule has 0 spiro atoms. The molecule has 1 unspecified atom stereocenters. The van der Waals surface area contributed by atoms with Gasteiger partial charge in [0.2, 0.25) is 5.91 Å². The van der Waals surface area contributed by atoms with Crippen LogP contribution in [-0.4, -0.2) is 47.8 Å². The van der Waals surface area contributed by atoms with E-state index in [4.69, 9.17) is 11.6 Å². The largest absolute Gasteiger partial charge is 0.342 e. The molecule has 0 radical (unpaired) electrons. The van der Waals surface area contributed by atoms with Gasteiger partial charge in [0.05, 0.1) is 5.92 Å².